The first-order chi connectivity index (χ1) is 9.20. The summed E-state index contributed by atoms with van der Waals surface area (Å²) in [5, 5.41) is 0. The van der Waals surface area contributed by atoms with Crippen LogP contribution < -0.4 is 4.74 Å². The number of halogens is 5. The normalized spacial score (nSPS) is 11.6. The maximum atomic E-state index is 12.8. The van der Waals surface area contributed by atoms with Crippen molar-refractivity contribution < 1.29 is 36.2 Å². The van der Waals surface area contributed by atoms with E-state index in [9.17, 15) is 26.7 Å². The number of ether oxygens (including phenoxy) is 2. The highest BCUT2D eigenvalue weighted by molar-refractivity contribution is 5.72. The molecule has 1 aromatic heterocycles. The SMILES string of the molecule is COC(=O)Cc1nc(OC)c(C(F)F)cc1C(F)(F)F. The number of carbonyl (C=O) groups is 1. The van der Waals surface area contributed by atoms with E-state index in [2.05, 4.69) is 14.5 Å². The molecule has 0 unspecified atom stereocenters. The van der Waals surface area contributed by atoms with Crippen LogP contribution >= 0.6 is 0 Å². The number of methoxy groups -OCH3 is 2. The van der Waals surface area contributed by atoms with Gasteiger partial charge in [-0.3, -0.25) is 4.79 Å². The summed E-state index contributed by atoms with van der Waals surface area (Å²) in [4.78, 5) is 14.4. The Balaban J connectivity index is 3.43. The van der Waals surface area contributed by atoms with Gasteiger partial charge >= 0.3 is 12.1 Å². The van der Waals surface area contributed by atoms with Gasteiger partial charge in [-0.15, -0.1) is 0 Å². The molecule has 0 radical (unpaired) electrons. The molecule has 0 bridgehead atoms. The average Bonchev–Trinajstić information content (AvgIpc) is 2.36. The van der Waals surface area contributed by atoms with Gasteiger partial charge in [-0.25, -0.2) is 13.8 Å². The van der Waals surface area contributed by atoms with Crippen LogP contribution in [0.4, 0.5) is 22.0 Å². The number of carbonyl (C=O) groups excluding carboxylic acids is 1. The minimum absolute atomic E-state index is 0.231. The zero-order valence-corrected chi connectivity index (χ0v) is 10.4. The lowest BCUT2D eigenvalue weighted by Gasteiger charge is -2.15. The summed E-state index contributed by atoms with van der Waals surface area (Å²) in [6.45, 7) is 0. The van der Waals surface area contributed by atoms with Crippen LogP contribution in [0.5, 0.6) is 5.88 Å². The molecule has 0 aromatic carbocycles. The van der Waals surface area contributed by atoms with Gasteiger partial charge in [0.25, 0.3) is 6.43 Å². The monoisotopic (exact) mass is 299 g/mol. The predicted octanol–water partition coefficient (Wildman–Crippen LogP) is 2.76. The fraction of sp³-hybridized carbons (Fsp3) is 0.455. The maximum absolute atomic E-state index is 12.8. The third kappa shape index (κ3) is 3.55. The Morgan fingerprint density at radius 2 is 1.95 bits per heavy atom. The van der Waals surface area contributed by atoms with E-state index in [1.165, 1.54) is 0 Å². The van der Waals surface area contributed by atoms with Crippen molar-refractivity contribution in [1.29, 1.82) is 0 Å². The summed E-state index contributed by atoms with van der Waals surface area (Å²) in [7, 11) is 1.98. The van der Waals surface area contributed by atoms with Gasteiger partial charge in [-0.2, -0.15) is 13.2 Å². The second kappa shape index (κ2) is 6.02. The summed E-state index contributed by atoms with van der Waals surface area (Å²) >= 11 is 0. The summed E-state index contributed by atoms with van der Waals surface area (Å²) in [5.41, 5.74) is -3.14. The van der Waals surface area contributed by atoms with E-state index in [-0.39, 0.29) is 6.07 Å². The molecule has 112 valence electrons. The Hall–Kier alpha value is -1.93. The maximum Gasteiger partial charge on any atom is 0.418 e. The minimum Gasteiger partial charge on any atom is -0.481 e. The lowest BCUT2D eigenvalue weighted by Crippen LogP contribution is -2.17. The lowest BCUT2D eigenvalue weighted by atomic mass is 10.1. The van der Waals surface area contributed by atoms with E-state index < -0.39 is 47.7 Å². The molecule has 4 nitrogen and oxygen atoms in total. The number of alkyl halides is 5. The second-order valence-electron chi connectivity index (χ2n) is 3.63. The Morgan fingerprint density at radius 1 is 1.35 bits per heavy atom. The van der Waals surface area contributed by atoms with E-state index >= 15 is 0 Å². The van der Waals surface area contributed by atoms with E-state index in [4.69, 9.17) is 0 Å². The van der Waals surface area contributed by atoms with Gasteiger partial charge < -0.3 is 9.47 Å². The molecule has 0 fully saturated rings. The first-order valence-corrected chi connectivity index (χ1v) is 5.20. The lowest BCUT2D eigenvalue weighted by molar-refractivity contribution is -0.141. The van der Waals surface area contributed by atoms with Gasteiger partial charge in [0.2, 0.25) is 5.88 Å². The van der Waals surface area contributed by atoms with Gasteiger partial charge in [-0.05, 0) is 6.07 Å². The minimum atomic E-state index is -4.92. The largest absolute Gasteiger partial charge is 0.481 e. The second-order valence-corrected chi connectivity index (χ2v) is 3.63. The quantitative estimate of drug-likeness (QED) is 0.633. The van der Waals surface area contributed by atoms with Crippen LogP contribution in [0.2, 0.25) is 0 Å². The van der Waals surface area contributed by atoms with Crippen molar-refractivity contribution in [3.8, 4) is 5.88 Å². The molecule has 1 rings (SSSR count). The number of nitrogens with zero attached hydrogens (tertiary/aromatic N) is 1. The predicted molar refractivity (Wildman–Crippen MR) is 56.5 cm³/mol. The van der Waals surface area contributed by atoms with Gasteiger partial charge in [0.15, 0.2) is 0 Å². The molecule has 0 saturated heterocycles. The van der Waals surface area contributed by atoms with E-state index in [0.717, 1.165) is 14.2 Å². The highest BCUT2D eigenvalue weighted by Gasteiger charge is 2.37. The molecule has 0 spiro atoms. The highest BCUT2D eigenvalue weighted by Crippen LogP contribution is 2.37. The first-order valence-electron chi connectivity index (χ1n) is 5.20. The van der Waals surface area contributed by atoms with Crippen LogP contribution in [0.3, 0.4) is 0 Å². The van der Waals surface area contributed by atoms with E-state index in [1.54, 1.807) is 0 Å². The van der Waals surface area contributed by atoms with Crippen LogP contribution in [0.1, 0.15) is 23.2 Å². The van der Waals surface area contributed by atoms with Crippen LogP contribution in [0.15, 0.2) is 6.07 Å². The van der Waals surface area contributed by atoms with Crippen molar-refractivity contribution in [3.05, 3.63) is 22.9 Å². The number of hydrogen-bond donors (Lipinski definition) is 0. The summed E-state index contributed by atoms with van der Waals surface area (Å²) in [6.07, 6.45) is -8.91. The summed E-state index contributed by atoms with van der Waals surface area (Å²) < 4.78 is 72.5. The van der Waals surface area contributed by atoms with Crippen LogP contribution in [-0.2, 0) is 22.1 Å². The van der Waals surface area contributed by atoms with Crippen molar-refractivity contribution >= 4 is 5.97 Å². The van der Waals surface area contributed by atoms with Crippen LogP contribution in [0.25, 0.3) is 0 Å². The Kier molecular flexibility index (Phi) is 4.85. The van der Waals surface area contributed by atoms with E-state index in [0.29, 0.717) is 0 Å². The molecule has 0 aliphatic carbocycles. The van der Waals surface area contributed by atoms with Crippen LogP contribution in [-0.4, -0.2) is 25.2 Å². The van der Waals surface area contributed by atoms with Gasteiger partial charge in [0.05, 0.1) is 37.5 Å². The van der Waals surface area contributed by atoms with Crippen LogP contribution in [0, 0.1) is 0 Å². The molecule has 0 amide bonds. The molecule has 1 heterocycles. The standard InChI is InChI=1S/C11H10F5NO3/c1-19-8(18)4-7-6(11(14,15)16)3-5(9(12)13)10(17-7)20-2/h3,9H,4H2,1-2H3. The number of aromatic nitrogens is 1. The molecule has 0 aliphatic heterocycles. The molecule has 0 atom stereocenters. The molecular weight excluding hydrogens is 289 g/mol. The third-order valence-electron chi connectivity index (χ3n) is 2.37. The Labute approximate surface area is 110 Å². The Bertz CT molecular complexity index is 502. The number of hydrogen-bond acceptors (Lipinski definition) is 4. The molecule has 0 aliphatic rings. The fourth-order valence-corrected chi connectivity index (χ4v) is 1.46. The molecule has 9 heteroatoms. The van der Waals surface area contributed by atoms with Gasteiger partial charge in [0.1, 0.15) is 0 Å². The zero-order chi connectivity index (χ0) is 15.5. The molecule has 1 aromatic rings. The van der Waals surface area contributed by atoms with Gasteiger partial charge in [-0.1, -0.05) is 0 Å². The fourth-order valence-electron chi connectivity index (χ4n) is 1.46. The van der Waals surface area contributed by atoms with Gasteiger partial charge in [0, 0.05) is 0 Å². The summed E-state index contributed by atoms with van der Waals surface area (Å²) in [5.74, 6) is -1.64. The first kappa shape index (κ1) is 16.1. The topological polar surface area (TPSA) is 48.4 Å². The van der Waals surface area contributed by atoms with Crippen molar-refractivity contribution in [1.82, 2.24) is 4.98 Å². The molecular formula is C11H10F5NO3. The van der Waals surface area contributed by atoms with Crippen molar-refractivity contribution in [2.45, 2.75) is 19.0 Å². The number of pyridine rings is 1. The molecule has 0 saturated carbocycles. The Morgan fingerprint density at radius 3 is 2.35 bits per heavy atom. The summed E-state index contributed by atoms with van der Waals surface area (Å²) in [6, 6.07) is 0.231. The number of esters is 1. The van der Waals surface area contributed by atoms with Crippen molar-refractivity contribution in [2.75, 3.05) is 14.2 Å². The molecule has 20 heavy (non-hydrogen) atoms. The number of rotatable bonds is 4. The third-order valence-corrected chi connectivity index (χ3v) is 2.37. The van der Waals surface area contributed by atoms with E-state index in [1.807, 2.05) is 0 Å². The smallest absolute Gasteiger partial charge is 0.418 e. The zero-order valence-electron chi connectivity index (χ0n) is 10.4. The average molecular weight is 299 g/mol. The molecule has 0 N–H and O–H groups in total. The highest BCUT2D eigenvalue weighted by atomic mass is 19.4. The van der Waals surface area contributed by atoms with Crippen molar-refractivity contribution in [3.63, 3.8) is 0 Å². The van der Waals surface area contributed by atoms with Crippen molar-refractivity contribution in [2.24, 2.45) is 0 Å².